The summed E-state index contributed by atoms with van der Waals surface area (Å²) in [6.45, 7) is 7.74. The summed E-state index contributed by atoms with van der Waals surface area (Å²) >= 11 is 4.31. The molecule has 1 aromatic carbocycles. The van der Waals surface area contributed by atoms with Gasteiger partial charge in [-0.15, -0.1) is 0 Å². The summed E-state index contributed by atoms with van der Waals surface area (Å²) in [6, 6.07) is 3.74. The third-order valence-corrected chi connectivity index (χ3v) is 4.99. The molecule has 138 valence electrons. The van der Waals surface area contributed by atoms with Crippen LogP contribution >= 0.6 is 12.6 Å². The summed E-state index contributed by atoms with van der Waals surface area (Å²) in [5.74, 6) is 0.119. The molecule has 1 saturated heterocycles. The van der Waals surface area contributed by atoms with Gasteiger partial charge in [-0.25, -0.2) is 0 Å². The van der Waals surface area contributed by atoms with Gasteiger partial charge < -0.3 is 14.0 Å². The Hall–Kier alpha value is -1.12. The number of rotatable bonds is 4. The van der Waals surface area contributed by atoms with E-state index in [1.807, 2.05) is 27.7 Å². The lowest BCUT2D eigenvalue weighted by Crippen LogP contribution is -2.41. The van der Waals surface area contributed by atoms with E-state index in [0.29, 0.717) is 11.3 Å². The highest BCUT2D eigenvalue weighted by Gasteiger charge is 2.52. The summed E-state index contributed by atoms with van der Waals surface area (Å²) < 4.78 is 55.7. The first-order valence-electron chi connectivity index (χ1n) is 7.83. The maximum Gasteiger partial charge on any atom is 0.491 e. The van der Waals surface area contributed by atoms with Gasteiger partial charge in [0, 0.05) is 5.75 Å². The van der Waals surface area contributed by atoms with Crippen molar-refractivity contribution < 1.29 is 27.2 Å². The highest BCUT2D eigenvalue weighted by Crippen LogP contribution is 2.40. The Morgan fingerprint density at radius 3 is 2.20 bits per heavy atom. The quantitative estimate of drug-likeness (QED) is 0.614. The Balaban J connectivity index is 2.35. The van der Waals surface area contributed by atoms with Gasteiger partial charge in [0.05, 0.1) is 23.9 Å². The minimum Gasteiger partial charge on any atom is -0.496 e. The van der Waals surface area contributed by atoms with Crippen LogP contribution in [0.25, 0.3) is 6.08 Å². The highest BCUT2D eigenvalue weighted by atomic mass is 32.1. The molecule has 0 spiro atoms. The number of hydrogen-bond donors (Lipinski definition) is 1. The van der Waals surface area contributed by atoms with Gasteiger partial charge in [-0.3, -0.25) is 0 Å². The number of alkyl halides is 3. The van der Waals surface area contributed by atoms with Crippen molar-refractivity contribution in [1.82, 2.24) is 0 Å². The van der Waals surface area contributed by atoms with Crippen molar-refractivity contribution in [1.29, 1.82) is 0 Å². The van der Waals surface area contributed by atoms with Crippen LogP contribution in [0.2, 0.25) is 0 Å². The molecule has 25 heavy (non-hydrogen) atoms. The van der Waals surface area contributed by atoms with Crippen LogP contribution in [-0.4, -0.2) is 31.2 Å². The van der Waals surface area contributed by atoms with Crippen molar-refractivity contribution in [2.45, 2.75) is 45.1 Å². The van der Waals surface area contributed by atoms with E-state index in [9.17, 15) is 13.2 Å². The van der Waals surface area contributed by atoms with Crippen LogP contribution in [0.5, 0.6) is 5.75 Å². The molecule has 0 aliphatic carbocycles. The second-order valence-electron chi connectivity index (χ2n) is 6.92. The zero-order valence-electron chi connectivity index (χ0n) is 14.9. The molecule has 0 aromatic heterocycles. The van der Waals surface area contributed by atoms with Gasteiger partial charge in [-0.05, 0) is 50.9 Å². The maximum atomic E-state index is 13.0. The van der Waals surface area contributed by atoms with Gasteiger partial charge in [0.25, 0.3) is 0 Å². The van der Waals surface area contributed by atoms with Crippen molar-refractivity contribution in [2.24, 2.45) is 0 Å². The molecule has 0 N–H and O–H groups in total. The molecule has 8 heteroatoms. The lowest BCUT2D eigenvalue weighted by molar-refractivity contribution is -0.138. The van der Waals surface area contributed by atoms with Crippen molar-refractivity contribution >= 4 is 25.8 Å². The van der Waals surface area contributed by atoms with E-state index in [4.69, 9.17) is 14.0 Å². The van der Waals surface area contributed by atoms with Crippen LogP contribution in [-0.2, 0) is 15.5 Å². The van der Waals surface area contributed by atoms with Crippen LogP contribution in [0.1, 0.15) is 38.8 Å². The van der Waals surface area contributed by atoms with E-state index in [1.165, 1.54) is 19.2 Å². The van der Waals surface area contributed by atoms with Crippen LogP contribution < -0.4 is 4.74 Å². The minimum atomic E-state index is -4.47. The Morgan fingerprint density at radius 1 is 1.20 bits per heavy atom. The van der Waals surface area contributed by atoms with Crippen LogP contribution in [0, 0.1) is 0 Å². The fourth-order valence-electron chi connectivity index (χ4n) is 2.43. The molecule has 0 bridgehead atoms. The van der Waals surface area contributed by atoms with Gasteiger partial charge in [-0.2, -0.15) is 25.8 Å². The molecule has 1 aromatic rings. The van der Waals surface area contributed by atoms with E-state index >= 15 is 0 Å². The molecule has 1 aliphatic heterocycles. The molecule has 2 rings (SSSR count). The summed E-state index contributed by atoms with van der Waals surface area (Å²) in [6.07, 6.45) is -2.75. The van der Waals surface area contributed by atoms with Crippen LogP contribution in [0.3, 0.4) is 0 Å². The molecule has 1 heterocycles. The summed E-state index contributed by atoms with van der Waals surface area (Å²) in [4.78, 5) is 0. The zero-order valence-corrected chi connectivity index (χ0v) is 15.8. The summed E-state index contributed by atoms with van der Waals surface area (Å²) in [5.41, 5.74) is -0.530. The fraction of sp³-hybridized carbons (Fsp3) is 0.529. The first kappa shape index (κ1) is 20.2. The average Bonchev–Trinajstić information content (AvgIpc) is 2.71. The van der Waals surface area contributed by atoms with E-state index in [1.54, 1.807) is 6.08 Å². The monoisotopic (exact) mass is 374 g/mol. The highest BCUT2D eigenvalue weighted by molar-refractivity contribution is 7.80. The molecule has 0 unspecified atom stereocenters. The van der Waals surface area contributed by atoms with Crippen LogP contribution in [0.15, 0.2) is 23.7 Å². The number of thiol groups is 1. The smallest absolute Gasteiger partial charge is 0.491 e. The third-order valence-electron chi connectivity index (χ3n) is 4.62. The molecule has 3 nitrogen and oxygen atoms in total. The molecule has 1 fully saturated rings. The van der Waals surface area contributed by atoms with Crippen molar-refractivity contribution in [3.05, 3.63) is 34.8 Å². The second kappa shape index (κ2) is 6.89. The average molecular weight is 374 g/mol. The normalized spacial score (nSPS) is 20.0. The number of halogens is 3. The molecular weight excluding hydrogens is 352 g/mol. The van der Waals surface area contributed by atoms with E-state index in [0.717, 1.165) is 11.5 Å². The molecule has 0 saturated carbocycles. The van der Waals surface area contributed by atoms with Crippen molar-refractivity contribution in [2.75, 3.05) is 12.9 Å². The molecule has 0 amide bonds. The standard InChI is InChI=1S/C17H22BF3O3S/c1-15(2)16(3,4)24-18(23-15)12(10-25)8-11-6-7-13(17(19,20)21)14(9-11)22-5/h6-9,25H,10H2,1-5H3. The Bertz CT molecular complexity index is 656. The maximum absolute atomic E-state index is 13.0. The van der Waals surface area contributed by atoms with Gasteiger partial charge in [-0.1, -0.05) is 12.1 Å². The molecule has 1 aliphatic rings. The SMILES string of the molecule is COc1cc(C=C(CS)B2OC(C)(C)C(C)(C)O2)ccc1C(F)(F)F. The predicted octanol–water partition coefficient (Wildman–Crippen LogP) is 4.66. The van der Waals surface area contributed by atoms with Gasteiger partial charge in [0.15, 0.2) is 0 Å². The third kappa shape index (κ3) is 4.18. The van der Waals surface area contributed by atoms with Gasteiger partial charge >= 0.3 is 13.3 Å². The summed E-state index contributed by atoms with van der Waals surface area (Å²) in [7, 11) is 0.613. The molecule has 0 atom stereocenters. The van der Waals surface area contributed by atoms with Gasteiger partial charge in [0.2, 0.25) is 0 Å². The zero-order chi connectivity index (χ0) is 19.0. The Kier molecular flexibility index (Phi) is 5.57. The van der Waals surface area contributed by atoms with Gasteiger partial charge in [0.1, 0.15) is 5.75 Å². The predicted molar refractivity (Wildman–Crippen MR) is 95.9 cm³/mol. The number of hydrogen-bond acceptors (Lipinski definition) is 4. The Morgan fingerprint density at radius 2 is 1.76 bits per heavy atom. The summed E-state index contributed by atoms with van der Waals surface area (Å²) in [5, 5.41) is 0. The molecule has 0 radical (unpaired) electrons. The largest absolute Gasteiger partial charge is 0.496 e. The lowest BCUT2D eigenvalue weighted by atomic mass is 9.78. The molecular formula is C17H22BF3O3S. The topological polar surface area (TPSA) is 27.7 Å². The van der Waals surface area contributed by atoms with E-state index < -0.39 is 30.1 Å². The number of ether oxygens (including phenoxy) is 1. The number of methoxy groups -OCH3 is 1. The van der Waals surface area contributed by atoms with E-state index in [2.05, 4.69) is 12.6 Å². The fourth-order valence-corrected chi connectivity index (χ4v) is 2.67. The second-order valence-corrected chi connectivity index (χ2v) is 7.24. The first-order valence-corrected chi connectivity index (χ1v) is 8.47. The van der Waals surface area contributed by atoms with Crippen molar-refractivity contribution in [3.8, 4) is 5.75 Å². The van der Waals surface area contributed by atoms with Crippen LogP contribution in [0.4, 0.5) is 13.2 Å². The number of benzene rings is 1. The minimum absolute atomic E-state index is 0.228. The first-order chi connectivity index (χ1) is 11.4. The Labute approximate surface area is 152 Å². The van der Waals surface area contributed by atoms with Crippen molar-refractivity contribution in [3.63, 3.8) is 0 Å². The lowest BCUT2D eigenvalue weighted by Gasteiger charge is -2.32. The van der Waals surface area contributed by atoms with E-state index in [-0.39, 0.29) is 5.75 Å².